The van der Waals surface area contributed by atoms with E-state index >= 15 is 0 Å². The van der Waals surface area contributed by atoms with Gasteiger partial charge in [-0.1, -0.05) is 33.6 Å². The second kappa shape index (κ2) is 7.66. The number of amides is 1. The number of aryl methyl sites for hydroxylation is 2. The minimum atomic E-state index is -0.315. The minimum absolute atomic E-state index is 0.145. The standard InChI is InChI=1S/C20H18BrN3O2/c1-13-3-4-14(2)17(11-13)18-9-10-20(26)24(23-18)12-19(25)22-16-7-5-15(21)6-8-16/h3-11H,12H2,1-2H3,(H,22,25). The summed E-state index contributed by atoms with van der Waals surface area (Å²) in [5.41, 5.74) is 4.14. The predicted octanol–water partition coefficient (Wildman–Crippen LogP) is 3.93. The first kappa shape index (κ1) is 18.1. The van der Waals surface area contributed by atoms with Gasteiger partial charge < -0.3 is 5.32 Å². The van der Waals surface area contributed by atoms with E-state index in [1.807, 2.05) is 44.2 Å². The van der Waals surface area contributed by atoms with Gasteiger partial charge in [-0.2, -0.15) is 5.10 Å². The van der Waals surface area contributed by atoms with Crippen molar-refractivity contribution in [3.05, 3.63) is 80.6 Å². The van der Waals surface area contributed by atoms with Gasteiger partial charge in [0.1, 0.15) is 6.54 Å². The summed E-state index contributed by atoms with van der Waals surface area (Å²) >= 11 is 3.35. The van der Waals surface area contributed by atoms with E-state index in [4.69, 9.17) is 0 Å². The number of anilines is 1. The largest absolute Gasteiger partial charge is 0.324 e. The van der Waals surface area contributed by atoms with Crippen molar-refractivity contribution in [3.8, 4) is 11.3 Å². The first-order chi connectivity index (χ1) is 12.4. The van der Waals surface area contributed by atoms with E-state index in [0.29, 0.717) is 11.4 Å². The number of benzene rings is 2. The Kier molecular flexibility index (Phi) is 5.32. The van der Waals surface area contributed by atoms with Gasteiger partial charge in [0.25, 0.3) is 5.56 Å². The van der Waals surface area contributed by atoms with Crippen molar-refractivity contribution in [2.24, 2.45) is 0 Å². The monoisotopic (exact) mass is 411 g/mol. The molecule has 1 N–H and O–H groups in total. The van der Waals surface area contributed by atoms with E-state index in [9.17, 15) is 9.59 Å². The number of nitrogens with zero attached hydrogens (tertiary/aromatic N) is 2. The molecule has 3 aromatic rings. The molecule has 26 heavy (non-hydrogen) atoms. The zero-order valence-electron chi connectivity index (χ0n) is 14.5. The smallest absolute Gasteiger partial charge is 0.267 e. The van der Waals surface area contributed by atoms with E-state index in [0.717, 1.165) is 21.2 Å². The fourth-order valence-electron chi connectivity index (χ4n) is 2.59. The van der Waals surface area contributed by atoms with Crippen LogP contribution in [0.15, 0.2) is 63.9 Å². The zero-order valence-corrected chi connectivity index (χ0v) is 16.1. The van der Waals surface area contributed by atoms with Crippen LogP contribution in [0.5, 0.6) is 0 Å². The van der Waals surface area contributed by atoms with Crippen LogP contribution in [0.25, 0.3) is 11.3 Å². The van der Waals surface area contributed by atoms with Crippen molar-refractivity contribution in [1.82, 2.24) is 9.78 Å². The molecule has 0 aliphatic heterocycles. The average molecular weight is 412 g/mol. The molecule has 0 bridgehead atoms. The lowest BCUT2D eigenvalue weighted by atomic mass is 10.0. The number of carbonyl (C=O) groups is 1. The summed E-state index contributed by atoms with van der Waals surface area (Å²) in [5, 5.41) is 7.14. The van der Waals surface area contributed by atoms with Crippen LogP contribution in [0, 0.1) is 13.8 Å². The Bertz CT molecular complexity index is 1010. The van der Waals surface area contributed by atoms with Gasteiger partial charge in [-0.05, 0) is 55.8 Å². The van der Waals surface area contributed by atoms with Crippen LogP contribution in [0.3, 0.4) is 0 Å². The average Bonchev–Trinajstić information content (AvgIpc) is 2.61. The van der Waals surface area contributed by atoms with Crippen molar-refractivity contribution in [2.75, 3.05) is 5.32 Å². The number of halogens is 1. The molecule has 0 spiro atoms. The summed E-state index contributed by atoms with van der Waals surface area (Å²) < 4.78 is 2.11. The Hall–Kier alpha value is -2.73. The van der Waals surface area contributed by atoms with Crippen LogP contribution in [0.4, 0.5) is 5.69 Å². The van der Waals surface area contributed by atoms with Gasteiger partial charge in [0, 0.05) is 21.8 Å². The molecule has 0 fully saturated rings. The first-order valence-electron chi connectivity index (χ1n) is 8.13. The molecule has 0 atom stereocenters. The molecule has 0 aliphatic carbocycles. The zero-order chi connectivity index (χ0) is 18.7. The maximum Gasteiger partial charge on any atom is 0.267 e. The molecule has 5 nitrogen and oxygen atoms in total. The molecule has 1 heterocycles. The summed E-state index contributed by atoms with van der Waals surface area (Å²) in [5.74, 6) is -0.306. The van der Waals surface area contributed by atoms with Crippen molar-refractivity contribution in [2.45, 2.75) is 20.4 Å². The van der Waals surface area contributed by atoms with Crippen molar-refractivity contribution >= 4 is 27.5 Å². The second-order valence-corrected chi connectivity index (χ2v) is 7.00. The fraction of sp³-hybridized carbons (Fsp3) is 0.150. The topological polar surface area (TPSA) is 64.0 Å². The molecule has 1 aromatic heterocycles. The van der Waals surface area contributed by atoms with Gasteiger partial charge >= 0.3 is 0 Å². The molecule has 0 radical (unpaired) electrons. The van der Waals surface area contributed by atoms with Gasteiger partial charge in [0.15, 0.2) is 0 Å². The second-order valence-electron chi connectivity index (χ2n) is 6.09. The molecular formula is C20H18BrN3O2. The number of hydrogen-bond acceptors (Lipinski definition) is 3. The van der Waals surface area contributed by atoms with Crippen LogP contribution < -0.4 is 10.9 Å². The highest BCUT2D eigenvalue weighted by Gasteiger charge is 2.10. The van der Waals surface area contributed by atoms with Crippen LogP contribution in [-0.2, 0) is 11.3 Å². The summed E-state index contributed by atoms with van der Waals surface area (Å²) in [6.07, 6.45) is 0. The summed E-state index contributed by atoms with van der Waals surface area (Å²) in [7, 11) is 0. The number of carbonyl (C=O) groups excluding carboxylic acids is 1. The number of aromatic nitrogens is 2. The molecular weight excluding hydrogens is 394 g/mol. The number of rotatable bonds is 4. The Labute approximate surface area is 159 Å². The quantitative estimate of drug-likeness (QED) is 0.707. The molecule has 0 saturated carbocycles. The highest BCUT2D eigenvalue weighted by Crippen LogP contribution is 2.21. The SMILES string of the molecule is Cc1ccc(C)c(-c2ccc(=O)n(CC(=O)Nc3ccc(Br)cc3)n2)c1. The molecule has 6 heteroatoms. The first-order valence-corrected chi connectivity index (χ1v) is 8.93. The molecule has 0 unspecified atom stereocenters. The maximum atomic E-state index is 12.3. The van der Waals surface area contributed by atoms with Crippen molar-refractivity contribution < 1.29 is 4.79 Å². The van der Waals surface area contributed by atoms with Gasteiger partial charge in [0.05, 0.1) is 5.69 Å². The van der Waals surface area contributed by atoms with Crippen LogP contribution >= 0.6 is 15.9 Å². The van der Waals surface area contributed by atoms with Gasteiger partial charge in [-0.3, -0.25) is 9.59 Å². The fourth-order valence-corrected chi connectivity index (χ4v) is 2.85. The summed E-state index contributed by atoms with van der Waals surface area (Å²) in [4.78, 5) is 24.4. The number of nitrogens with one attached hydrogen (secondary N) is 1. The highest BCUT2D eigenvalue weighted by atomic mass is 79.9. The lowest BCUT2D eigenvalue weighted by Crippen LogP contribution is -2.29. The lowest BCUT2D eigenvalue weighted by molar-refractivity contribution is -0.117. The molecule has 1 amide bonds. The van der Waals surface area contributed by atoms with Crippen molar-refractivity contribution in [3.63, 3.8) is 0 Å². The highest BCUT2D eigenvalue weighted by molar-refractivity contribution is 9.10. The Morgan fingerprint density at radius 2 is 1.81 bits per heavy atom. The Morgan fingerprint density at radius 3 is 2.54 bits per heavy atom. The minimum Gasteiger partial charge on any atom is -0.324 e. The molecule has 2 aromatic carbocycles. The third-order valence-electron chi connectivity index (χ3n) is 3.96. The maximum absolute atomic E-state index is 12.3. The summed E-state index contributed by atoms with van der Waals surface area (Å²) in [6.45, 7) is 3.85. The predicted molar refractivity (Wildman–Crippen MR) is 106 cm³/mol. The van der Waals surface area contributed by atoms with E-state index < -0.39 is 0 Å². The normalized spacial score (nSPS) is 10.6. The molecule has 132 valence electrons. The van der Waals surface area contributed by atoms with Crippen LogP contribution in [0.1, 0.15) is 11.1 Å². The molecule has 0 saturated heterocycles. The van der Waals surface area contributed by atoms with Crippen molar-refractivity contribution in [1.29, 1.82) is 0 Å². The van der Waals surface area contributed by atoms with E-state index in [1.165, 1.54) is 10.7 Å². The van der Waals surface area contributed by atoms with Crippen LogP contribution in [-0.4, -0.2) is 15.7 Å². The molecule has 3 rings (SSSR count). The summed E-state index contributed by atoms with van der Waals surface area (Å²) in [6, 6.07) is 16.4. The Balaban J connectivity index is 1.84. The third-order valence-corrected chi connectivity index (χ3v) is 4.49. The Morgan fingerprint density at radius 1 is 1.08 bits per heavy atom. The lowest BCUT2D eigenvalue weighted by Gasteiger charge is -2.10. The van der Waals surface area contributed by atoms with E-state index in [2.05, 4.69) is 26.3 Å². The van der Waals surface area contributed by atoms with Gasteiger partial charge in [0.2, 0.25) is 5.91 Å². The number of hydrogen-bond donors (Lipinski definition) is 1. The molecule has 0 aliphatic rings. The van der Waals surface area contributed by atoms with Gasteiger partial charge in [-0.15, -0.1) is 0 Å². The third kappa shape index (κ3) is 4.26. The van der Waals surface area contributed by atoms with E-state index in [1.54, 1.807) is 18.2 Å². The van der Waals surface area contributed by atoms with E-state index in [-0.39, 0.29) is 18.0 Å². The van der Waals surface area contributed by atoms with Crippen LogP contribution in [0.2, 0.25) is 0 Å². The van der Waals surface area contributed by atoms with Gasteiger partial charge in [-0.25, -0.2) is 4.68 Å².